The first-order valence-corrected chi connectivity index (χ1v) is 7.13. The van der Waals surface area contributed by atoms with Crippen LogP contribution in [-0.2, 0) is 6.42 Å². The van der Waals surface area contributed by atoms with E-state index in [1.807, 2.05) is 6.92 Å². The van der Waals surface area contributed by atoms with Crippen molar-refractivity contribution in [3.05, 3.63) is 63.7 Å². The molecule has 0 saturated carbocycles. The second-order valence-corrected chi connectivity index (χ2v) is 5.94. The molecule has 0 unspecified atom stereocenters. The van der Waals surface area contributed by atoms with Crippen molar-refractivity contribution in [2.75, 3.05) is 0 Å². The van der Waals surface area contributed by atoms with E-state index in [0.717, 1.165) is 17.5 Å². The number of rotatable bonds is 1. The van der Waals surface area contributed by atoms with Crippen LogP contribution in [0.4, 0.5) is 0 Å². The number of aromatic hydroxyl groups is 1. The summed E-state index contributed by atoms with van der Waals surface area (Å²) in [5, 5.41) is 10.4. The zero-order valence-electron chi connectivity index (χ0n) is 12.3. The molecule has 2 aromatic rings. The molecule has 1 aliphatic carbocycles. The molecular formula is C18H21NO. The van der Waals surface area contributed by atoms with Crippen molar-refractivity contribution in [2.45, 2.75) is 39.2 Å². The van der Waals surface area contributed by atoms with Crippen molar-refractivity contribution < 1.29 is 5.11 Å². The number of fused-ring (bicyclic) bond motifs is 1. The second-order valence-electron chi connectivity index (χ2n) is 5.94. The monoisotopic (exact) mass is 267 g/mol. The largest absolute Gasteiger partial charge is 0.507 e. The Morgan fingerprint density at radius 1 is 1.05 bits per heavy atom. The lowest BCUT2D eigenvalue weighted by Crippen LogP contribution is -2.16. The summed E-state index contributed by atoms with van der Waals surface area (Å²) in [7, 11) is 0. The van der Waals surface area contributed by atoms with E-state index in [4.69, 9.17) is 5.73 Å². The lowest BCUT2D eigenvalue weighted by molar-refractivity contribution is 0.455. The van der Waals surface area contributed by atoms with Crippen molar-refractivity contribution in [3.8, 4) is 5.75 Å². The molecule has 0 spiro atoms. The fourth-order valence-electron chi connectivity index (χ4n) is 3.53. The lowest BCUT2D eigenvalue weighted by atomic mass is 9.89. The predicted octanol–water partition coefficient (Wildman–Crippen LogP) is 3.66. The summed E-state index contributed by atoms with van der Waals surface area (Å²) in [6, 6.07) is 10.3. The molecule has 3 N–H and O–H groups in total. The van der Waals surface area contributed by atoms with Crippen LogP contribution in [0.25, 0.3) is 0 Å². The number of hydrogen-bond donors (Lipinski definition) is 2. The van der Waals surface area contributed by atoms with E-state index in [9.17, 15) is 5.11 Å². The van der Waals surface area contributed by atoms with Crippen LogP contribution in [0.2, 0.25) is 0 Å². The van der Waals surface area contributed by atoms with Crippen LogP contribution < -0.4 is 5.73 Å². The third-order valence-electron chi connectivity index (χ3n) is 4.64. The summed E-state index contributed by atoms with van der Waals surface area (Å²) in [5.41, 5.74) is 13.4. The molecular weight excluding hydrogens is 246 g/mol. The Bertz CT molecular complexity index is 675. The maximum atomic E-state index is 10.4. The highest BCUT2D eigenvalue weighted by Gasteiger charge is 2.35. The zero-order valence-corrected chi connectivity index (χ0v) is 12.3. The fraction of sp³-hybridized carbons (Fsp3) is 0.333. The van der Waals surface area contributed by atoms with Crippen molar-refractivity contribution >= 4 is 0 Å². The summed E-state index contributed by atoms with van der Waals surface area (Å²) in [5.74, 6) is 0.645. The molecule has 1 aliphatic rings. The minimum absolute atomic E-state index is 0.121. The average Bonchev–Trinajstić information content (AvgIpc) is 2.75. The van der Waals surface area contributed by atoms with Gasteiger partial charge in [-0.1, -0.05) is 30.3 Å². The third-order valence-corrected chi connectivity index (χ3v) is 4.64. The van der Waals surface area contributed by atoms with Crippen LogP contribution in [0.1, 0.15) is 45.3 Å². The molecule has 0 radical (unpaired) electrons. The van der Waals surface area contributed by atoms with Crippen molar-refractivity contribution in [1.29, 1.82) is 0 Å². The Balaban J connectivity index is 2.12. The number of hydrogen-bond acceptors (Lipinski definition) is 2. The number of benzene rings is 2. The molecule has 104 valence electrons. The Labute approximate surface area is 120 Å². The van der Waals surface area contributed by atoms with E-state index < -0.39 is 0 Å². The molecule has 0 saturated heterocycles. The predicted molar refractivity (Wildman–Crippen MR) is 82.1 cm³/mol. The maximum absolute atomic E-state index is 10.4. The van der Waals surface area contributed by atoms with Gasteiger partial charge < -0.3 is 10.8 Å². The molecule has 0 aromatic heterocycles. The molecule has 0 bridgehead atoms. The van der Waals surface area contributed by atoms with Gasteiger partial charge in [0.15, 0.2) is 0 Å². The smallest absolute Gasteiger partial charge is 0.123 e. The Kier molecular flexibility index (Phi) is 3.06. The van der Waals surface area contributed by atoms with Gasteiger partial charge in [0.05, 0.1) is 0 Å². The first-order chi connectivity index (χ1) is 9.50. The normalized spacial score (nSPS) is 21.0. The van der Waals surface area contributed by atoms with E-state index in [1.54, 1.807) is 0 Å². The summed E-state index contributed by atoms with van der Waals surface area (Å²) in [6.45, 7) is 6.18. The van der Waals surface area contributed by atoms with Crippen molar-refractivity contribution in [1.82, 2.24) is 0 Å². The fourth-order valence-corrected chi connectivity index (χ4v) is 3.53. The minimum Gasteiger partial charge on any atom is -0.507 e. The molecule has 20 heavy (non-hydrogen) atoms. The molecule has 2 aromatic carbocycles. The van der Waals surface area contributed by atoms with Gasteiger partial charge in [0.25, 0.3) is 0 Å². The van der Waals surface area contributed by atoms with Gasteiger partial charge in [-0.25, -0.2) is 0 Å². The topological polar surface area (TPSA) is 46.2 Å². The standard InChI is InChI=1S/C18H21NO/c1-10-6-4-5-7-13(10)15-9-14-11(2)8-12(3)18(20)16(14)17(15)19/h4-8,15,17,20H,9,19H2,1-3H3/t15-,17-/m1/s1. The van der Waals surface area contributed by atoms with Crippen LogP contribution in [0.3, 0.4) is 0 Å². The maximum Gasteiger partial charge on any atom is 0.123 e. The van der Waals surface area contributed by atoms with Crippen LogP contribution in [0, 0.1) is 20.8 Å². The average molecular weight is 267 g/mol. The molecule has 0 amide bonds. The summed E-state index contributed by atoms with van der Waals surface area (Å²) in [4.78, 5) is 0. The minimum atomic E-state index is -0.121. The molecule has 3 rings (SSSR count). The lowest BCUT2D eigenvalue weighted by Gasteiger charge is -2.19. The van der Waals surface area contributed by atoms with Gasteiger partial charge in [-0.2, -0.15) is 0 Å². The van der Waals surface area contributed by atoms with Crippen LogP contribution in [0.15, 0.2) is 30.3 Å². The highest BCUT2D eigenvalue weighted by atomic mass is 16.3. The highest BCUT2D eigenvalue weighted by Crippen LogP contribution is 2.47. The van der Waals surface area contributed by atoms with E-state index in [1.165, 1.54) is 22.3 Å². The molecule has 0 fully saturated rings. The SMILES string of the molecule is Cc1ccccc1[C@H]1Cc2c(C)cc(C)c(O)c2[C@@H]1N. The van der Waals surface area contributed by atoms with E-state index in [-0.39, 0.29) is 12.0 Å². The first-order valence-electron chi connectivity index (χ1n) is 7.13. The van der Waals surface area contributed by atoms with Gasteiger partial charge in [0, 0.05) is 17.5 Å². The Morgan fingerprint density at radius 2 is 1.75 bits per heavy atom. The summed E-state index contributed by atoms with van der Waals surface area (Å²) in [6.07, 6.45) is 0.918. The van der Waals surface area contributed by atoms with Gasteiger partial charge in [0.1, 0.15) is 5.75 Å². The van der Waals surface area contributed by atoms with Crippen LogP contribution >= 0.6 is 0 Å². The Hall–Kier alpha value is -1.80. The Morgan fingerprint density at radius 3 is 2.45 bits per heavy atom. The van der Waals surface area contributed by atoms with Crippen LogP contribution in [-0.4, -0.2) is 5.11 Å². The van der Waals surface area contributed by atoms with Gasteiger partial charge in [0.2, 0.25) is 0 Å². The highest BCUT2D eigenvalue weighted by molar-refractivity contribution is 5.56. The summed E-state index contributed by atoms with van der Waals surface area (Å²) >= 11 is 0. The van der Waals surface area contributed by atoms with Crippen LogP contribution in [0.5, 0.6) is 5.75 Å². The van der Waals surface area contributed by atoms with Crippen molar-refractivity contribution in [3.63, 3.8) is 0 Å². The van der Waals surface area contributed by atoms with E-state index in [2.05, 4.69) is 44.2 Å². The molecule has 2 heteroatoms. The number of phenols is 1. The van der Waals surface area contributed by atoms with Gasteiger partial charge in [-0.15, -0.1) is 0 Å². The quantitative estimate of drug-likeness (QED) is 0.828. The molecule has 2 nitrogen and oxygen atoms in total. The molecule has 2 atom stereocenters. The van der Waals surface area contributed by atoms with Crippen molar-refractivity contribution in [2.24, 2.45) is 5.73 Å². The van der Waals surface area contributed by atoms with E-state index >= 15 is 0 Å². The van der Waals surface area contributed by atoms with Gasteiger partial charge >= 0.3 is 0 Å². The van der Waals surface area contributed by atoms with Gasteiger partial charge in [-0.05, 0) is 55.0 Å². The number of aryl methyl sites for hydroxylation is 3. The third kappa shape index (κ3) is 1.83. The van der Waals surface area contributed by atoms with Gasteiger partial charge in [-0.3, -0.25) is 0 Å². The number of nitrogens with two attached hydrogens (primary N) is 1. The molecule has 0 aliphatic heterocycles. The number of phenolic OH excluding ortho intramolecular Hbond substituents is 1. The summed E-state index contributed by atoms with van der Waals surface area (Å²) < 4.78 is 0. The zero-order chi connectivity index (χ0) is 14.4. The van der Waals surface area contributed by atoms with E-state index in [0.29, 0.717) is 5.75 Å². The first kappa shape index (κ1) is 13.2. The second kappa shape index (κ2) is 4.64. The molecule has 0 heterocycles.